The van der Waals surface area contributed by atoms with Crippen molar-refractivity contribution in [2.24, 2.45) is 5.92 Å². The maximum atomic E-state index is 12.1. The van der Waals surface area contributed by atoms with Crippen LogP contribution in [0.2, 0.25) is 0 Å². The lowest BCUT2D eigenvalue weighted by Crippen LogP contribution is -2.22. The molecule has 2 aromatic heterocycles. The molecule has 2 aromatic rings. The Balaban J connectivity index is 2.37. The standard InChI is InChI=1S/C13H17NOS/c1-3-10(4-2)9-14-7-5-12-11(13(14)15)6-8-16-12/h5-8,10H,3-4,9H2,1-2H3. The van der Waals surface area contributed by atoms with Gasteiger partial charge < -0.3 is 4.57 Å². The van der Waals surface area contributed by atoms with Crippen molar-refractivity contribution in [3.05, 3.63) is 34.1 Å². The van der Waals surface area contributed by atoms with Crippen LogP contribution >= 0.6 is 11.3 Å². The number of hydrogen-bond donors (Lipinski definition) is 0. The summed E-state index contributed by atoms with van der Waals surface area (Å²) in [6.45, 7) is 5.21. The molecule has 0 atom stereocenters. The first kappa shape index (κ1) is 11.4. The number of pyridine rings is 1. The van der Waals surface area contributed by atoms with E-state index in [0.29, 0.717) is 5.92 Å². The highest BCUT2D eigenvalue weighted by Crippen LogP contribution is 2.17. The lowest BCUT2D eigenvalue weighted by atomic mass is 10.0. The first-order chi connectivity index (χ1) is 7.76. The average molecular weight is 235 g/mol. The molecule has 0 aliphatic rings. The minimum absolute atomic E-state index is 0.158. The third kappa shape index (κ3) is 2.05. The van der Waals surface area contributed by atoms with E-state index >= 15 is 0 Å². The molecule has 0 bridgehead atoms. The topological polar surface area (TPSA) is 22.0 Å². The number of thiophene rings is 1. The van der Waals surface area contributed by atoms with Gasteiger partial charge in [0.05, 0.1) is 5.39 Å². The third-order valence-corrected chi connectivity index (χ3v) is 4.08. The van der Waals surface area contributed by atoms with Crippen LogP contribution in [0.1, 0.15) is 26.7 Å². The lowest BCUT2D eigenvalue weighted by molar-refractivity contribution is 0.413. The summed E-state index contributed by atoms with van der Waals surface area (Å²) in [5.74, 6) is 0.605. The Bertz CT molecular complexity index is 522. The molecule has 0 aliphatic heterocycles. The Morgan fingerprint density at radius 1 is 1.31 bits per heavy atom. The fraction of sp³-hybridized carbons (Fsp3) is 0.462. The van der Waals surface area contributed by atoms with Crippen LogP contribution in [0.25, 0.3) is 10.1 Å². The van der Waals surface area contributed by atoms with E-state index in [9.17, 15) is 4.79 Å². The molecule has 0 saturated carbocycles. The van der Waals surface area contributed by atoms with Crippen LogP contribution in [0, 0.1) is 5.92 Å². The quantitative estimate of drug-likeness (QED) is 0.795. The van der Waals surface area contributed by atoms with Gasteiger partial charge in [0, 0.05) is 17.4 Å². The van der Waals surface area contributed by atoms with Crippen molar-refractivity contribution in [2.75, 3.05) is 0 Å². The highest BCUT2D eigenvalue weighted by molar-refractivity contribution is 7.17. The summed E-state index contributed by atoms with van der Waals surface area (Å²) in [6.07, 6.45) is 4.19. The second-order valence-electron chi connectivity index (χ2n) is 4.15. The van der Waals surface area contributed by atoms with Gasteiger partial charge in [0.1, 0.15) is 0 Å². The molecule has 0 N–H and O–H groups in total. The van der Waals surface area contributed by atoms with E-state index < -0.39 is 0 Å². The Morgan fingerprint density at radius 2 is 2.06 bits per heavy atom. The highest BCUT2D eigenvalue weighted by Gasteiger charge is 2.08. The van der Waals surface area contributed by atoms with E-state index in [1.807, 2.05) is 28.3 Å². The fourth-order valence-corrected chi connectivity index (χ4v) is 2.75. The molecule has 2 rings (SSSR count). The van der Waals surface area contributed by atoms with Crippen molar-refractivity contribution in [2.45, 2.75) is 33.2 Å². The van der Waals surface area contributed by atoms with E-state index in [4.69, 9.17) is 0 Å². The molecule has 0 fully saturated rings. The van der Waals surface area contributed by atoms with Crippen LogP contribution < -0.4 is 5.56 Å². The van der Waals surface area contributed by atoms with E-state index in [1.54, 1.807) is 11.3 Å². The van der Waals surface area contributed by atoms with Crippen LogP contribution in [-0.4, -0.2) is 4.57 Å². The van der Waals surface area contributed by atoms with Gasteiger partial charge in [-0.1, -0.05) is 26.7 Å². The lowest BCUT2D eigenvalue weighted by Gasteiger charge is -2.14. The van der Waals surface area contributed by atoms with Crippen LogP contribution in [0.3, 0.4) is 0 Å². The zero-order valence-corrected chi connectivity index (χ0v) is 10.6. The van der Waals surface area contributed by atoms with Gasteiger partial charge in [0.25, 0.3) is 5.56 Å². The molecule has 0 aliphatic carbocycles. The summed E-state index contributed by atoms with van der Waals surface area (Å²) in [7, 11) is 0. The molecule has 2 nitrogen and oxygen atoms in total. The molecule has 0 saturated heterocycles. The SMILES string of the molecule is CCC(CC)Cn1ccc2sccc2c1=O. The summed E-state index contributed by atoms with van der Waals surface area (Å²) >= 11 is 1.63. The zero-order chi connectivity index (χ0) is 11.5. The molecule has 86 valence electrons. The van der Waals surface area contributed by atoms with Crippen LogP contribution in [0.5, 0.6) is 0 Å². The summed E-state index contributed by atoms with van der Waals surface area (Å²) in [4.78, 5) is 12.1. The van der Waals surface area contributed by atoms with Crippen LogP contribution in [0.4, 0.5) is 0 Å². The highest BCUT2D eigenvalue weighted by atomic mass is 32.1. The van der Waals surface area contributed by atoms with Crippen molar-refractivity contribution in [1.29, 1.82) is 0 Å². The maximum Gasteiger partial charge on any atom is 0.259 e. The van der Waals surface area contributed by atoms with Crippen LogP contribution in [-0.2, 0) is 6.54 Å². The molecule has 0 amide bonds. The first-order valence-electron chi connectivity index (χ1n) is 5.82. The Hall–Kier alpha value is -1.09. The van der Waals surface area contributed by atoms with Crippen molar-refractivity contribution in [3.8, 4) is 0 Å². The third-order valence-electron chi connectivity index (χ3n) is 3.20. The Labute approximate surface area is 99.5 Å². The normalized spacial score (nSPS) is 11.4. The van der Waals surface area contributed by atoms with Gasteiger partial charge in [-0.3, -0.25) is 4.79 Å². The second kappa shape index (κ2) is 4.83. The average Bonchev–Trinajstić information content (AvgIpc) is 2.77. The van der Waals surface area contributed by atoms with Crippen LogP contribution in [0.15, 0.2) is 28.5 Å². The smallest absolute Gasteiger partial charge is 0.259 e. The zero-order valence-electron chi connectivity index (χ0n) is 9.77. The number of hydrogen-bond acceptors (Lipinski definition) is 2. The Morgan fingerprint density at radius 3 is 2.75 bits per heavy atom. The van der Waals surface area contributed by atoms with Crippen molar-refractivity contribution >= 4 is 21.4 Å². The fourth-order valence-electron chi connectivity index (χ4n) is 1.98. The molecule has 16 heavy (non-hydrogen) atoms. The number of fused-ring (bicyclic) bond motifs is 1. The molecule has 0 spiro atoms. The van der Waals surface area contributed by atoms with Crippen molar-refractivity contribution in [1.82, 2.24) is 4.57 Å². The molecule has 2 heterocycles. The maximum absolute atomic E-state index is 12.1. The molecular weight excluding hydrogens is 218 g/mol. The summed E-state index contributed by atoms with van der Waals surface area (Å²) < 4.78 is 2.94. The summed E-state index contributed by atoms with van der Waals surface area (Å²) in [6, 6.07) is 3.97. The van der Waals surface area contributed by atoms with Crippen molar-refractivity contribution in [3.63, 3.8) is 0 Å². The molecule has 0 radical (unpaired) electrons. The predicted molar refractivity (Wildman–Crippen MR) is 70.2 cm³/mol. The first-order valence-corrected chi connectivity index (χ1v) is 6.70. The van der Waals surface area contributed by atoms with Gasteiger partial charge in [0.2, 0.25) is 0 Å². The number of rotatable bonds is 4. The van der Waals surface area contributed by atoms with E-state index in [2.05, 4.69) is 13.8 Å². The minimum Gasteiger partial charge on any atom is -0.315 e. The minimum atomic E-state index is 0.158. The Kier molecular flexibility index (Phi) is 3.44. The molecule has 3 heteroatoms. The monoisotopic (exact) mass is 235 g/mol. The van der Waals surface area contributed by atoms with Gasteiger partial charge >= 0.3 is 0 Å². The summed E-state index contributed by atoms with van der Waals surface area (Å²) in [5, 5.41) is 2.84. The molecular formula is C13H17NOS. The van der Waals surface area contributed by atoms with E-state index in [-0.39, 0.29) is 5.56 Å². The second-order valence-corrected chi connectivity index (χ2v) is 5.10. The largest absolute Gasteiger partial charge is 0.315 e. The van der Waals surface area contributed by atoms with E-state index in [1.165, 1.54) is 0 Å². The van der Waals surface area contributed by atoms with Gasteiger partial charge in [-0.15, -0.1) is 11.3 Å². The van der Waals surface area contributed by atoms with E-state index in [0.717, 1.165) is 29.5 Å². The number of aromatic nitrogens is 1. The number of nitrogens with zero attached hydrogens (tertiary/aromatic N) is 1. The van der Waals surface area contributed by atoms with Crippen molar-refractivity contribution < 1.29 is 0 Å². The van der Waals surface area contributed by atoms with Gasteiger partial charge in [-0.25, -0.2) is 0 Å². The van der Waals surface area contributed by atoms with Gasteiger partial charge in [0.15, 0.2) is 0 Å². The molecule has 0 aromatic carbocycles. The summed E-state index contributed by atoms with van der Waals surface area (Å²) in [5.41, 5.74) is 0.158. The van der Waals surface area contributed by atoms with Gasteiger partial charge in [-0.05, 0) is 23.4 Å². The van der Waals surface area contributed by atoms with Gasteiger partial charge in [-0.2, -0.15) is 0 Å². The molecule has 0 unspecified atom stereocenters. The predicted octanol–water partition coefficient (Wildman–Crippen LogP) is 3.50.